The van der Waals surface area contributed by atoms with Crippen LogP contribution in [0.15, 0.2) is 0 Å². The summed E-state index contributed by atoms with van der Waals surface area (Å²) in [5, 5.41) is 1.33. The van der Waals surface area contributed by atoms with Gasteiger partial charge < -0.3 is 4.90 Å². The van der Waals surface area contributed by atoms with E-state index >= 15 is 0 Å². The molecule has 3 rings (SSSR count). The fourth-order valence-corrected chi connectivity index (χ4v) is 4.28. The molecule has 0 aromatic carbocycles. The van der Waals surface area contributed by atoms with Gasteiger partial charge in [-0.25, -0.2) is 9.97 Å². The molecule has 20 heavy (non-hydrogen) atoms. The number of hydrogen-bond donors (Lipinski definition) is 0. The van der Waals surface area contributed by atoms with E-state index in [0.29, 0.717) is 6.04 Å². The van der Waals surface area contributed by atoms with Gasteiger partial charge in [-0.1, -0.05) is 6.92 Å². The van der Waals surface area contributed by atoms with Crippen LogP contribution >= 0.6 is 11.3 Å². The Hall–Kier alpha value is -1.16. The molecule has 0 bridgehead atoms. The van der Waals surface area contributed by atoms with E-state index in [9.17, 15) is 0 Å². The van der Waals surface area contributed by atoms with E-state index < -0.39 is 0 Å². The number of anilines is 1. The first kappa shape index (κ1) is 13.8. The van der Waals surface area contributed by atoms with E-state index in [1.165, 1.54) is 41.5 Å². The van der Waals surface area contributed by atoms with E-state index in [4.69, 9.17) is 4.98 Å². The van der Waals surface area contributed by atoms with Crippen LogP contribution in [0.5, 0.6) is 0 Å². The van der Waals surface area contributed by atoms with Crippen molar-refractivity contribution in [1.29, 1.82) is 0 Å². The molecule has 108 valence electrons. The number of aromatic nitrogens is 2. The Morgan fingerprint density at radius 2 is 2.00 bits per heavy atom. The molecule has 0 N–H and O–H groups in total. The van der Waals surface area contributed by atoms with Crippen LogP contribution in [0.2, 0.25) is 0 Å². The standard InChI is InChI=1S/C16H23N3S/c1-5-10(2)19(4)15-14-12-8-6-7-9-13(12)20-16(14)18-11(3)17-15/h10H,5-9H2,1-4H3. The van der Waals surface area contributed by atoms with Gasteiger partial charge in [0.2, 0.25) is 0 Å². The predicted octanol–water partition coefficient (Wildman–Crippen LogP) is 4.11. The van der Waals surface area contributed by atoms with Crippen molar-refractivity contribution in [2.24, 2.45) is 0 Å². The highest BCUT2D eigenvalue weighted by Crippen LogP contribution is 2.39. The van der Waals surface area contributed by atoms with E-state index in [2.05, 4.69) is 30.8 Å². The third-order valence-electron chi connectivity index (χ3n) is 4.49. The minimum atomic E-state index is 0.506. The molecular formula is C16H23N3S. The van der Waals surface area contributed by atoms with Gasteiger partial charge >= 0.3 is 0 Å². The molecule has 0 fully saturated rings. The highest BCUT2D eigenvalue weighted by molar-refractivity contribution is 7.19. The van der Waals surface area contributed by atoms with Crippen LogP contribution in [0.3, 0.4) is 0 Å². The maximum atomic E-state index is 4.77. The molecule has 0 aliphatic heterocycles. The molecule has 1 unspecified atom stereocenters. The summed E-state index contributed by atoms with van der Waals surface area (Å²) in [6, 6.07) is 0.506. The summed E-state index contributed by atoms with van der Waals surface area (Å²) in [5.74, 6) is 2.03. The second-order valence-electron chi connectivity index (χ2n) is 5.85. The SMILES string of the molecule is CCC(C)N(C)c1nc(C)nc2sc3c(c12)CCCC3. The zero-order valence-corrected chi connectivity index (χ0v) is 13.7. The molecule has 1 aliphatic carbocycles. The van der Waals surface area contributed by atoms with Crippen LogP contribution in [0.1, 0.15) is 49.4 Å². The Morgan fingerprint density at radius 3 is 2.75 bits per heavy atom. The highest BCUT2D eigenvalue weighted by Gasteiger charge is 2.23. The predicted molar refractivity (Wildman–Crippen MR) is 87.0 cm³/mol. The van der Waals surface area contributed by atoms with Crippen molar-refractivity contribution in [3.05, 3.63) is 16.3 Å². The molecule has 0 radical (unpaired) electrons. The van der Waals surface area contributed by atoms with Crippen LogP contribution < -0.4 is 4.90 Å². The lowest BCUT2D eigenvalue weighted by Gasteiger charge is -2.26. The van der Waals surface area contributed by atoms with Gasteiger partial charge in [0, 0.05) is 18.0 Å². The third-order valence-corrected chi connectivity index (χ3v) is 5.68. The van der Waals surface area contributed by atoms with Crippen molar-refractivity contribution in [2.45, 2.75) is 58.9 Å². The lowest BCUT2D eigenvalue weighted by Crippen LogP contribution is -2.29. The monoisotopic (exact) mass is 289 g/mol. The summed E-state index contributed by atoms with van der Waals surface area (Å²) < 4.78 is 0. The Balaban J connectivity index is 2.21. The van der Waals surface area contributed by atoms with Gasteiger partial charge in [0.25, 0.3) is 0 Å². The van der Waals surface area contributed by atoms with E-state index in [1.54, 1.807) is 4.88 Å². The van der Waals surface area contributed by atoms with E-state index in [0.717, 1.165) is 18.1 Å². The number of rotatable bonds is 3. The third kappa shape index (κ3) is 2.20. The zero-order chi connectivity index (χ0) is 14.3. The average molecular weight is 289 g/mol. The Bertz CT molecular complexity index is 632. The molecule has 1 aliphatic rings. The first-order valence-corrected chi connectivity index (χ1v) is 8.45. The first-order chi connectivity index (χ1) is 9.61. The van der Waals surface area contributed by atoms with Gasteiger partial charge in [0.05, 0.1) is 5.39 Å². The summed E-state index contributed by atoms with van der Waals surface area (Å²) in [5.41, 5.74) is 1.53. The smallest absolute Gasteiger partial charge is 0.141 e. The highest BCUT2D eigenvalue weighted by atomic mass is 32.1. The van der Waals surface area contributed by atoms with Crippen LogP contribution in [-0.4, -0.2) is 23.1 Å². The molecule has 0 saturated carbocycles. The van der Waals surface area contributed by atoms with Crippen LogP contribution in [0.4, 0.5) is 5.82 Å². The van der Waals surface area contributed by atoms with Crippen molar-refractivity contribution in [3.8, 4) is 0 Å². The Labute approximate surface area is 125 Å². The topological polar surface area (TPSA) is 29.0 Å². The lowest BCUT2D eigenvalue weighted by molar-refractivity contribution is 0.656. The fraction of sp³-hybridized carbons (Fsp3) is 0.625. The molecular weight excluding hydrogens is 266 g/mol. The summed E-state index contributed by atoms with van der Waals surface area (Å²) >= 11 is 1.89. The molecule has 0 saturated heterocycles. The lowest BCUT2D eigenvalue weighted by atomic mass is 9.97. The summed E-state index contributed by atoms with van der Waals surface area (Å²) in [4.78, 5) is 14.5. The summed E-state index contributed by atoms with van der Waals surface area (Å²) in [6.07, 6.45) is 6.18. The number of hydrogen-bond acceptors (Lipinski definition) is 4. The summed E-state index contributed by atoms with van der Waals surface area (Å²) in [6.45, 7) is 6.50. The van der Waals surface area contributed by atoms with E-state index in [-0.39, 0.29) is 0 Å². The maximum absolute atomic E-state index is 4.77. The van der Waals surface area contributed by atoms with Crippen LogP contribution in [0, 0.1) is 6.92 Å². The van der Waals surface area contributed by atoms with Gasteiger partial charge in [0.1, 0.15) is 16.5 Å². The molecule has 0 amide bonds. The van der Waals surface area contributed by atoms with Gasteiger partial charge in [-0.05, 0) is 51.5 Å². The molecule has 1 atom stereocenters. The Morgan fingerprint density at radius 1 is 1.25 bits per heavy atom. The molecule has 4 heteroatoms. The second-order valence-corrected chi connectivity index (χ2v) is 6.94. The van der Waals surface area contributed by atoms with Gasteiger partial charge in [-0.2, -0.15) is 0 Å². The van der Waals surface area contributed by atoms with Gasteiger partial charge in [-0.3, -0.25) is 0 Å². The normalized spacial score (nSPS) is 16.2. The quantitative estimate of drug-likeness (QED) is 0.851. The largest absolute Gasteiger partial charge is 0.356 e. The minimum absolute atomic E-state index is 0.506. The van der Waals surface area contributed by atoms with E-state index in [1.807, 2.05) is 18.3 Å². The molecule has 0 spiro atoms. The van der Waals surface area contributed by atoms with Crippen LogP contribution in [-0.2, 0) is 12.8 Å². The van der Waals surface area contributed by atoms with Crippen molar-refractivity contribution in [2.75, 3.05) is 11.9 Å². The molecule has 2 aromatic rings. The van der Waals surface area contributed by atoms with Crippen molar-refractivity contribution >= 4 is 27.4 Å². The second kappa shape index (κ2) is 5.32. The number of fused-ring (bicyclic) bond motifs is 3. The maximum Gasteiger partial charge on any atom is 0.141 e. The van der Waals surface area contributed by atoms with Crippen molar-refractivity contribution in [3.63, 3.8) is 0 Å². The minimum Gasteiger partial charge on any atom is -0.356 e. The number of thiophene rings is 1. The molecule has 2 heterocycles. The zero-order valence-electron chi connectivity index (χ0n) is 12.9. The Kier molecular flexibility index (Phi) is 3.67. The molecule has 3 nitrogen and oxygen atoms in total. The van der Waals surface area contributed by atoms with Gasteiger partial charge in [-0.15, -0.1) is 11.3 Å². The van der Waals surface area contributed by atoms with Gasteiger partial charge in [0.15, 0.2) is 0 Å². The number of nitrogens with zero attached hydrogens (tertiary/aromatic N) is 3. The molecule has 2 aromatic heterocycles. The fourth-order valence-electron chi connectivity index (χ4n) is 2.98. The summed E-state index contributed by atoms with van der Waals surface area (Å²) in [7, 11) is 2.17. The van der Waals surface area contributed by atoms with Crippen LogP contribution in [0.25, 0.3) is 10.2 Å². The first-order valence-electron chi connectivity index (χ1n) is 7.63. The van der Waals surface area contributed by atoms with Crippen molar-refractivity contribution in [1.82, 2.24) is 9.97 Å². The number of aryl methyl sites for hydroxylation is 3. The average Bonchev–Trinajstić information content (AvgIpc) is 2.82. The van der Waals surface area contributed by atoms with Crippen molar-refractivity contribution < 1.29 is 0 Å².